The lowest BCUT2D eigenvalue weighted by atomic mass is 9.64. The molecule has 0 N–H and O–H groups in total. The monoisotopic (exact) mass is 795 g/mol. The highest BCUT2D eigenvalue weighted by Crippen LogP contribution is 2.53. The van der Waals surface area contributed by atoms with Gasteiger partial charge in [-0.1, -0.05) is 158 Å². The molecular formula is C52H33N3O2S2. The van der Waals surface area contributed by atoms with Crippen LogP contribution in [-0.2, 0) is 15.3 Å². The second-order valence-electron chi connectivity index (χ2n) is 14.8. The van der Waals surface area contributed by atoms with Gasteiger partial charge in [0.05, 0.1) is 15.2 Å². The first-order valence-corrected chi connectivity index (χ1v) is 21.7. The second-order valence-corrected chi connectivity index (χ2v) is 17.7. The normalized spacial score (nSPS) is 13.8. The molecule has 7 heteroatoms. The Balaban J connectivity index is 1.04. The van der Waals surface area contributed by atoms with Gasteiger partial charge in [0.2, 0.25) is 9.84 Å². The smallest absolute Gasteiger partial charge is 0.207 e. The van der Waals surface area contributed by atoms with Gasteiger partial charge >= 0.3 is 0 Å². The van der Waals surface area contributed by atoms with Gasteiger partial charge in [-0.2, -0.15) is 0 Å². The number of fused-ring (bicyclic) bond motifs is 5. The van der Waals surface area contributed by atoms with E-state index in [0.29, 0.717) is 27.3 Å². The van der Waals surface area contributed by atoms with E-state index in [0.717, 1.165) is 50.1 Å². The third-order valence-corrected chi connectivity index (χ3v) is 14.5. The summed E-state index contributed by atoms with van der Waals surface area (Å²) >= 11 is 1.79. The number of aromatic nitrogens is 3. The summed E-state index contributed by atoms with van der Waals surface area (Å²) in [5.74, 6) is 1.81. The van der Waals surface area contributed by atoms with Crippen molar-refractivity contribution in [2.45, 2.75) is 15.2 Å². The van der Waals surface area contributed by atoms with Crippen LogP contribution in [0, 0.1) is 0 Å². The Morgan fingerprint density at radius 2 is 0.864 bits per heavy atom. The minimum absolute atomic E-state index is 0.328. The molecular weight excluding hydrogens is 763 g/mol. The largest absolute Gasteiger partial charge is 0.218 e. The molecule has 8 aromatic carbocycles. The summed E-state index contributed by atoms with van der Waals surface area (Å²) in [6.45, 7) is 0. The third kappa shape index (κ3) is 5.65. The van der Waals surface area contributed by atoms with E-state index < -0.39 is 15.3 Å². The van der Waals surface area contributed by atoms with Gasteiger partial charge in [0.1, 0.15) is 0 Å². The number of hydrogen-bond donors (Lipinski definition) is 0. The van der Waals surface area contributed by atoms with Crippen molar-refractivity contribution in [3.8, 4) is 45.3 Å². The molecule has 1 aliphatic heterocycles. The van der Waals surface area contributed by atoms with Crippen molar-refractivity contribution >= 4 is 41.3 Å². The zero-order chi connectivity index (χ0) is 39.6. The van der Waals surface area contributed by atoms with Crippen molar-refractivity contribution < 1.29 is 8.42 Å². The number of benzene rings is 8. The van der Waals surface area contributed by atoms with E-state index in [4.69, 9.17) is 15.0 Å². The highest BCUT2D eigenvalue weighted by molar-refractivity contribution is 7.91. The van der Waals surface area contributed by atoms with Gasteiger partial charge < -0.3 is 0 Å². The van der Waals surface area contributed by atoms with E-state index in [1.54, 1.807) is 35.6 Å². The number of nitrogens with zero attached hydrogens (tertiary/aromatic N) is 3. The SMILES string of the molecule is O=S1(=O)c2ccccc2C(c2ccccc2)(c2ccc(-c3cccc(-c4nc(-c5ccccc5)nc(-c5ccc6sc7ccccc7c6c5)n4)c3)cc2)c2ccccc21. The lowest BCUT2D eigenvalue weighted by molar-refractivity contribution is 0.579. The first kappa shape index (κ1) is 35.1. The van der Waals surface area contributed by atoms with Crippen LogP contribution in [0.2, 0.25) is 0 Å². The predicted octanol–water partition coefficient (Wildman–Crippen LogP) is 12.4. The molecule has 0 aliphatic carbocycles. The van der Waals surface area contributed by atoms with E-state index >= 15 is 0 Å². The Kier molecular flexibility index (Phi) is 8.22. The van der Waals surface area contributed by atoms with Crippen LogP contribution in [0.4, 0.5) is 0 Å². The van der Waals surface area contributed by atoms with E-state index in [9.17, 15) is 8.42 Å². The topological polar surface area (TPSA) is 72.8 Å². The number of rotatable bonds is 6. The summed E-state index contributed by atoms with van der Waals surface area (Å²) in [7, 11) is -3.74. The maximum absolute atomic E-state index is 14.1. The molecule has 0 spiro atoms. The lowest BCUT2D eigenvalue weighted by Gasteiger charge is -2.41. The van der Waals surface area contributed by atoms with Crippen molar-refractivity contribution in [1.82, 2.24) is 15.0 Å². The summed E-state index contributed by atoms with van der Waals surface area (Å²) in [6.07, 6.45) is 0. The molecule has 0 fully saturated rings. The van der Waals surface area contributed by atoms with Crippen LogP contribution >= 0.6 is 11.3 Å². The molecule has 1 aliphatic rings. The average Bonchev–Trinajstić information content (AvgIpc) is 3.68. The summed E-state index contributed by atoms with van der Waals surface area (Å²) in [5, 5.41) is 2.41. The molecule has 59 heavy (non-hydrogen) atoms. The molecule has 0 unspecified atom stereocenters. The highest BCUT2D eigenvalue weighted by atomic mass is 32.2. The number of hydrogen-bond acceptors (Lipinski definition) is 6. The minimum atomic E-state index is -3.74. The molecule has 2 aromatic heterocycles. The first-order chi connectivity index (χ1) is 29.0. The molecule has 5 nitrogen and oxygen atoms in total. The summed E-state index contributed by atoms with van der Waals surface area (Å²) in [4.78, 5) is 15.8. The zero-order valence-corrected chi connectivity index (χ0v) is 33.2. The fourth-order valence-corrected chi connectivity index (χ4v) is 11.6. The van der Waals surface area contributed by atoms with Crippen LogP contribution in [0.15, 0.2) is 210 Å². The molecule has 11 rings (SSSR count). The summed E-state index contributed by atoms with van der Waals surface area (Å²) < 4.78 is 30.7. The molecule has 0 radical (unpaired) electrons. The van der Waals surface area contributed by atoms with E-state index in [2.05, 4.69) is 91.0 Å². The van der Waals surface area contributed by atoms with Crippen molar-refractivity contribution in [2.75, 3.05) is 0 Å². The number of thiophene rings is 1. The van der Waals surface area contributed by atoms with Crippen LogP contribution in [0.3, 0.4) is 0 Å². The molecule has 10 aromatic rings. The van der Waals surface area contributed by atoms with Gasteiger partial charge in [-0.15, -0.1) is 11.3 Å². The molecule has 0 atom stereocenters. The van der Waals surface area contributed by atoms with Crippen LogP contribution in [-0.4, -0.2) is 23.4 Å². The van der Waals surface area contributed by atoms with Gasteiger partial charge in [-0.25, -0.2) is 23.4 Å². The Morgan fingerprint density at radius 1 is 0.373 bits per heavy atom. The number of sulfone groups is 1. The van der Waals surface area contributed by atoms with Crippen LogP contribution in [0.5, 0.6) is 0 Å². The van der Waals surface area contributed by atoms with E-state index in [1.165, 1.54) is 20.2 Å². The van der Waals surface area contributed by atoms with Gasteiger partial charge in [0.25, 0.3) is 0 Å². The third-order valence-electron chi connectivity index (χ3n) is 11.4. The van der Waals surface area contributed by atoms with Crippen LogP contribution in [0.1, 0.15) is 22.3 Å². The maximum atomic E-state index is 14.1. The van der Waals surface area contributed by atoms with E-state index in [1.807, 2.05) is 84.9 Å². The maximum Gasteiger partial charge on any atom is 0.207 e. The molecule has 280 valence electrons. The molecule has 0 amide bonds. The second kappa shape index (κ2) is 13.8. The molecule has 0 saturated heterocycles. The fraction of sp³-hybridized carbons (Fsp3) is 0.0192. The van der Waals surface area contributed by atoms with Crippen molar-refractivity contribution in [3.05, 3.63) is 222 Å². The highest BCUT2D eigenvalue weighted by Gasteiger charge is 2.48. The Hall–Kier alpha value is -7.06. The minimum Gasteiger partial charge on any atom is -0.218 e. The van der Waals surface area contributed by atoms with Gasteiger partial charge in [0, 0.05) is 36.9 Å². The van der Waals surface area contributed by atoms with Crippen molar-refractivity contribution in [2.24, 2.45) is 0 Å². The fourth-order valence-electron chi connectivity index (χ4n) is 8.73. The summed E-state index contributed by atoms with van der Waals surface area (Å²) in [6, 6.07) is 66.9. The lowest BCUT2D eigenvalue weighted by Crippen LogP contribution is -2.37. The zero-order valence-electron chi connectivity index (χ0n) is 31.5. The quantitative estimate of drug-likeness (QED) is 0.168. The molecule has 3 heterocycles. The average molecular weight is 796 g/mol. The van der Waals surface area contributed by atoms with Crippen molar-refractivity contribution in [1.29, 1.82) is 0 Å². The van der Waals surface area contributed by atoms with Gasteiger partial charge in [-0.05, 0) is 75.8 Å². The van der Waals surface area contributed by atoms with Crippen LogP contribution < -0.4 is 0 Å². The predicted molar refractivity (Wildman–Crippen MR) is 238 cm³/mol. The first-order valence-electron chi connectivity index (χ1n) is 19.4. The van der Waals surface area contributed by atoms with Crippen LogP contribution in [0.25, 0.3) is 65.5 Å². The standard InChI is InChI=1S/C52H33N3O2S2/c56-59(57)47-24-11-8-21-43(47)52(39-18-5-2-6-19-39,44-22-9-12-25-48(44)59)40-29-26-34(27-30-40)36-16-13-17-37(32-36)50-53-49(35-14-3-1-4-15-35)54-51(55-50)38-28-31-46-42(33-38)41-20-7-10-23-45(41)58-46/h1-33H. The van der Waals surface area contributed by atoms with Crippen molar-refractivity contribution in [3.63, 3.8) is 0 Å². The summed E-state index contributed by atoms with van der Waals surface area (Å²) in [5.41, 5.74) is 7.32. The van der Waals surface area contributed by atoms with Gasteiger partial charge in [0.15, 0.2) is 17.5 Å². The van der Waals surface area contributed by atoms with Gasteiger partial charge in [-0.3, -0.25) is 0 Å². The Morgan fingerprint density at radius 3 is 1.56 bits per heavy atom. The van der Waals surface area contributed by atoms with E-state index in [-0.39, 0.29) is 0 Å². The Labute approximate surface area is 345 Å². The Bertz CT molecular complexity index is 3290. The molecule has 0 bridgehead atoms. The molecule has 0 saturated carbocycles.